The number of allylic oxidation sites excluding steroid dienone is 1. The third-order valence-corrected chi connectivity index (χ3v) is 3.55. The Hall–Kier alpha value is -2.28. The van der Waals surface area contributed by atoms with Crippen LogP contribution in [0.4, 0.5) is 4.79 Å². The standard InChI is InChI=1S/C18H22N2O2.C2H6/c1-18(2,3)22-17(21)20-11-9-15(10-12-20)16(13-19)14-7-5-4-6-8-14;1-2/h4-8H,9-12H2,1-3H3;1-2H3. The Labute approximate surface area is 145 Å². The van der Waals surface area contributed by atoms with Crippen molar-refractivity contribution >= 4 is 11.7 Å². The van der Waals surface area contributed by atoms with Crippen LogP contribution in [0.1, 0.15) is 53.0 Å². The summed E-state index contributed by atoms with van der Waals surface area (Å²) in [5, 5.41) is 9.45. The molecular formula is C20H28N2O2. The van der Waals surface area contributed by atoms with Crippen LogP contribution in [0.2, 0.25) is 0 Å². The predicted octanol–water partition coefficient (Wildman–Crippen LogP) is 5.02. The lowest BCUT2D eigenvalue weighted by molar-refractivity contribution is 0.0236. The van der Waals surface area contributed by atoms with Crippen LogP contribution < -0.4 is 0 Å². The van der Waals surface area contributed by atoms with E-state index in [1.54, 1.807) is 4.90 Å². The molecule has 1 heterocycles. The summed E-state index contributed by atoms with van der Waals surface area (Å²) in [5.41, 5.74) is 2.33. The van der Waals surface area contributed by atoms with Crippen LogP contribution in [0.15, 0.2) is 35.9 Å². The third kappa shape index (κ3) is 5.73. The van der Waals surface area contributed by atoms with Crippen LogP contribution in [-0.2, 0) is 4.74 Å². The van der Waals surface area contributed by atoms with E-state index in [1.807, 2.05) is 65.0 Å². The molecule has 2 rings (SSSR count). The lowest BCUT2D eigenvalue weighted by Gasteiger charge is -2.31. The van der Waals surface area contributed by atoms with Crippen molar-refractivity contribution in [3.63, 3.8) is 0 Å². The molecule has 0 bridgehead atoms. The molecule has 0 saturated carbocycles. The first-order valence-electron chi connectivity index (χ1n) is 8.56. The Balaban J connectivity index is 0.00000139. The van der Waals surface area contributed by atoms with E-state index in [-0.39, 0.29) is 6.09 Å². The van der Waals surface area contributed by atoms with Crippen molar-refractivity contribution in [1.82, 2.24) is 4.90 Å². The molecule has 0 radical (unpaired) electrons. The largest absolute Gasteiger partial charge is 0.444 e. The van der Waals surface area contributed by atoms with Crippen molar-refractivity contribution in [3.8, 4) is 6.07 Å². The van der Waals surface area contributed by atoms with Gasteiger partial charge in [0, 0.05) is 13.1 Å². The fourth-order valence-electron chi connectivity index (χ4n) is 2.49. The maximum Gasteiger partial charge on any atom is 0.410 e. The minimum absolute atomic E-state index is 0.273. The minimum atomic E-state index is -0.477. The van der Waals surface area contributed by atoms with Crippen molar-refractivity contribution in [2.75, 3.05) is 13.1 Å². The smallest absolute Gasteiger partial charge is 0.410 e. The zero-order valence-electron chi connectivity index (χ0n) is 15.4. The number of likely N-dealkylation sites (tertiary alicyclic amines) is 1. The summed E-state index contributed by atoms with van der Waals surface area (Å²) in [6, 6.07) is 12.0. The second-order valence-corrected chi connectivity index (χ2v) is 6.42. The second-order valence-electron chi connectivity index (χ2n) is 6.42. The molecule has 0 spiro atoms. The fourth-order valence-corrected chi connectivity index (χ4v) is 2.49. The van der Waals surface area contributed by atoms with E-state index in [9.17, 15) is 10.1 Å². The average Bonchev–Trinajstić information content (AvgIpc) is 2.57. The van der Waals surface area contributed by atoms with Crippen molar-refractivity contribution in [2.45, 2.75) is 53.1 Å². The Kier molecular flexibility index (Phi) is 7.51. The number of carbonyl (C=O) groups excluding carboxylic acids is 1. The van der Waals surface area contributed by atoms with E-state index in [0.29, 0.717) is 13.1 Å². The highest BCUT2D eigenvalue weighted by Gasteiger charge is 2.25. The topological polar surface area (TPSA) is 53.3 Å². The number of carbonyl (C=O) groups is 1. The highest BCUT2D eigenvalue weighted by molar-refractivity contribution is 5.79. The number of ether oxygens (including phenoxy) is 1. The van der Waals surface area contributed by atoms with E-state index in [4.69, 9.17) is 4.74 Å². The van der Waals surface area contributed by atoms with Crippen LogP contribution >= 0.6 is 0 Å². The summed E-state index contributed by atoms with van der Waals surface area (Å²) in [6.45, 7) is 10.8. The number of hydrogen-bond donors (Lipinski definition) is 0. The number of amides is 1. The summed E-state index contributed by atoms with van der Waals surface area (Å²) in [7, 11) is 0. The average molecular weight is 328 g/mol. The van der Waals surface area contributed by atoms with Crippen molar-refractivity contribution in [3.05, 3.63) is 41.5 Å². The van der Waals surface area contributed by atoms with Crippen LogP contribution in [0.5, 0.6) is 0 Å². The number of piperidine rings is 1. The Morgan fingerprint density at radius 2 is 1.67 bits per heavy atom. The Morgan fingerprint density at radius 1 is 1.12 bits per heavy atom. The van der Waals surface area contributed by atoms with E-state index in [0.717, 1.165) is 29.6 Å². The summed E-state index contributed by atoms with van der Waals surface area (Å²) in [5.74, 6) is 0. The highest BCUT2D eigenvalue weighted by atomic mass is 16.6. The lowest BCUT2D eigenvalue weighted by atomic mass is 9.94. The van der Waals surface area contributed by atoms with Gasteiger partial charge in [0.15, 0.2) is 0 Å². The molecule has 0 aromatic heterocycles. The quantitative estimate of drug-likeness (QED) is 0.680. The number of nitrogens with zero attached hydrogens (tertiary/aromatic N) is 2. The zero-order chi connectivity index (χ0) is 18.2. The maximum absolute atomic E-state index is 12.1. The van der Waals surface area contributed by atoms with Crippen LogP contribution in [0.25, 0.3) is 5.57 Å². The van der Waals surface area contributed by atoms with Gasteiger partial charge in [-0.25, -0.2) is 4.79 Å². The third-order valence-electron chi connectivity index (χ3n) is 3.55. The highest BCUT2D eigenvalue weighted by Crippen LogP contribution is 2.27. The van der Waals surface area contributed by atoms with Gasteiger partial charge in [0.2, 0.25) is 0 Å². The first-order chi connectivity index (χ1) is 11.4. The molecule has 1 saturated heterocycles. The fraction of sp³-hybridized carbons (Fsp3) is 0.500. The number of benzene rings is 1. The number of rotatable bonds is 1. The number of nitriles is 1. The molecule has 0 atom stereocenters. The SMILES string of the molecule is CC.CC(C)(C)OC(=O)N1CCC(=C(C#N)c2ccccc2)CC1. The van der Waals surface area contributed by atoms with Crippen molar-refractivity contribution in [1.29, 1.82) is 5.26 Å². The maximum atomic E-state index is 12.1. The van der Waals surface area contributed by atoms with Crippen LogP contribution in [-0.4, -0.2) is 29.7 Å². The van der Waals surface area contributed by atoms with Crippen molar-refractivity contribution < 1.29 is 9.53 Å². The van der Waals surface area contributed by atoms with Gasteiger partial charge in [0.1, 0.15) is 5.60 Å². The molecule has 1 fully saturated rings. The van der Waals surface area contributed by atoms with Crippen LogP contribution in [0, 0.1) is 11.3 Å². The molecule has 1 aliphatic heterocycles. The molecule has 1 aromatic carbocycles. The lowest BCUT2D eigenvalue weighted by Crippen LogP contribution is -2.40. The molecule has 0 aliphatic carbocycles. The van der Waals surface area contributed by atoms with Gasteiger partial charge in [-0.2, -0.15) is 5.26 Å². The number of hydrogen-bond acceptors (Lipinski definition) is 3. The van der Waals surface area contributed by atoms with Crippen molar-refractivity contribution in [2.24, 2.45) is 0 Å². The summed E-state index contributed by atoms with van der Waals surface area (Å²) >= 11 is 0. The van der Waals surface area contributed by atoms with E-state index in [1.165, 1.54) is 0 Å². The van der Waals surface area contributed by atoms with Gasteiger partial charge in [0.05, 0.1) is 11.6 Å². The van der Waals surface area contributed by atoms with Gasteiger partial charge in [-0.15, -0.1) is 0 Å². The summed E-state index contributed by atoms with van der Waals surface area (Å²) < 4.78 is 5.39. The van der Waals surface area contributed by atoms with Gasteiger partial charge in [-0.1, -0.05) is 44.2 Å². The minimum Gasteiger partial charge on any atom is -0.444 e. The molecule has 1 amide bonds. The molecule has 130 valence electrons. The van der Waals surface area contributed by atoms with Gasteiger partial charge >= 0.3 is 6.09 Å². The molecule has 4 nitrogen and oxygen atoms in total. The molecule has 4 heteroatoms. The van der Waals surface area contributed by atoms with Crippen LogP contribution in [0.3, 0.4) is 0 Å². The van der Waals surface area contributed by atoms with Gasteiger partial charge in [0.25, 0.3) is 0 Å². The van der Waals surface area contributed by atoms with E-state index >= 15 is 0 Å². The predicted molar refractivity (Wildman–Crippen MR) is 97.4 cm³/mol. The van der Waals surface area contributed by atoms with Gasteiger partial charge in [-0.3, -0.25) is 0 Å². The van der Waals surface area contributed by atoms with E-state index in [2.05, 4.69) is 6.07 Å². The molecule has 0 N–H and O–H groups in total. The Morgan fingerprint density at radius 3 is 2.12 bits per heavy atom. The Bertz CT molecular complexity index is 597. The first-order valence-corrected chi connectivity index (χ1v) is 8.56. The van der Waals surface area contributed by atoms with E-state index < -0.39 is 5.60 Å². The normalized spacial score (nSPS) is 14.2. The molecule has 0 unspecified atom stereocenters. The zero-order valence-corrected chi connectivity index (χ0v) is 15.4. The summed E-state index contributed by atoms with van der Waals surface area (Å²) in [6.07, 6.45) is 1.17. The monoisotopic (exact) mass is 328 g/mol. The van der Waals surface area contributed by atoms with Gasteiger partial charge in [-0.05, 0) is 44.7 Å². The molecule has 1 aromatic rings. The molecule has 1 aliphatic rings. The molecular weight excluding hydrogens is 300 g/mol. The summed E-state index contributed by atoms with van der Waals surface area (Å²) in [4.78, 5) is 13.8. The molecule has 24 heavy (non-hydrogen) atoms. The van der Waals surface area contributed by atoms with Gasteiger partial charge < -0.3 is 9.64 Å². The first kappa shape index (κ1) is 19.8. The second kappa shape index (κ2) is 9.12.